The number of halogens is 3. The molecule has 0 N–H and O–H groups in total. The van der Waals surface area contributed by atoms with Gasteiger partial charge in [0.1, 0.15) is 21.7 Å². The minimum absolute atomic E-state index is 0.0670. The first-order chi connectivity index (χ1) is 14.8. The SMILES string of the molecule is CC(C)(CCCc1cccc(Oc2ccccc2)c1)c1ccc(OC(F)(F)CI)cc1. The van der Waals surface area contributed by atoms with Crippen molar-refractivity contribution in [3.05, 3.63) is 90.0 Å². The quantitative estimate of drug-likeness (QED) is 0.192. The summed E-state index contributed by atoms with van der Waals surface area (Å²) >= 11 is 1.62. The van der Waals surface area contributed by atoms with Crippen LogP contribution in [0.2, 0.25) is 0 Å². The molecule has 0 aliphatic rings. The number of aryl methyl sites for hydroxylation is 1. The molecule has 0 saturated heterocycles. The molecule has 0 unspecified atom stereocenters. The first kappa shape index (κ1) is 23.5. The smallest absolute Gasteiger partial charge is 0.407 e. The van der Waals surface area contributed by atoms with Crippen LogP contribution in [0.4, 0.5) is 8.78 Å². The van der Waals surface area contributed by atoms with Crippen molar-refractivity contribution in [3.8, 4) is 17.2 Å². The lowest BCUT2D eigenvalue weighted by Crippen LogP contribution is -2.26. The number of alkyl halides is 3. The van der Waals surface area contributed by atoms with Crippen LogP contribution in [0.5, 0.6) is 17.2 Å². The molecule has 0 aliphatic carbocycles. The summed E-state index contributed by atoms with van der Waals surface area (Å²) in [5.41, 5.74) is 2.27. The van der Waals surface area contributed by atoms with Crippen LogP contribution in [-0.4, -0.2) is 10.5 Å². The first-order valence-corrected chi connectivity index (χ1v) is 11.9. The number of rotatable bonds is 10. The fourth-order valence-corrected chi connectivity index (χ4v) is 3.60. The topological polar surface area (TPSA) is 18.5 Å². The number of benzene rings is 3. The molecular formula is C26H27F2IO2. The largest absolute Gasteiger partial charge is 0.457 e. The molecule has 0 saturated carbocycles. The highest BCUT2D eigenvalue weighted by atomic mass is 127. The zero-order valence-electron chi connectivity index (χ0n) is 17.8. The van der Waals surface area contributed by atoms with Gasteiger partial charge in [0.15, 0.2) is 0 Å². The Hall–Kier alpha value is -2.15. The molecule has 0 heterocycles. The van der Waals surface area contributed by atoms with Gasteiger partial charge in [-0.15, -0.1) is 0 Å². The predicted octanol–water partition coefficient (Wildman–Crippen LogP) is 8.19. The molecule has 164 valence electrons. The van der Waals surface area contributed by atoms with Gasteiger partial charge in [0, 0.05) is 0 Å². The van der Waals surface area contributed by atoms with E-state index in [1.807, 2.05) is 54.6 Å². The number of hydrogen-bond donors (Lipinski definition) is 0. The van der Waals surface area contributed by atoms with Crippen molar-refractivity contribution in [3.63, 3.8) is 0 Å². The zero-order valence-corrected chi connectivity index (χ0v) is 19.9. The van der Waals surface area contributed by atoms with Gasteiger partial charge in [0.2, 0.25) is 0 Å². The molecule has 3 rings (SSSR count). The first-order valence-electron chi connectivity index (χ1n) is 10.3. The van der Waals surface area contributed by atoms with Crippen molar-refractivity contribution < 1.29 is 18.3 Å². The molecule has 2 nitrogen and oxygen atoms in total. The maximum absolute atomic E-state index is 13.4. The van der Waals surface area contributed by atoms with E-state index in [0.717, 1.165) is 36.3 Å². The average Bonchev–Trinajstić information content (AvgIpc) is 2.75. The van der Waals surface area contributed by atoms with Crippen LogP contribution < -0.4 is 9.47 Å². The predicted molar refractivity (Wildman–Crippen MR) is 130 cm³/mol. The van der Waals surface area contributed by atoms with Gasteiger partial charge in [0.25, 0.3) is 0 Å². The van der Waals surface area contributed by atoms with E-state index in [4.69, 9.17) is 9.47 Å². The minimum Gasteiger partial charge on any atom is -0.457 e. The molecule has 0 radical (unpaired) electrons. The van der Waals surface area contributed by atoms with Crippen molar-refractivity contribution >= 4 is 22.6 Å². The van der Waals surface area contributed by atoms with E-state index in [2.05, 4.69) is 26.0 Å². The Morgan fingerprint density at radius 3 is 2.16 bits per heavy atom. The van der Waals surface area contributed by atoms with Gasteiger partial charge >= 0.3 is 6.11 Å². The molecule has 0 aliphatic heterocycles. The van der Waals surface area contributed by atoms with E-state index < -0.39 is 6.11 Å². The summed E-state index contributed by atoms with van der Waals surface area (Å²) in [5, 5.41) is 0. The van der Waals surface area contributed by atoms with Crippen LogP contribution in [-0.2, 0) is 11.8 Å². The van der Waals surface area contributed by atoms with E-state index in [1.54, 1.807) is 34.7 Å². The van der Waals surface area contributed by atoms with Gasteiger partial charge in [-0.2, -0.15) is 8.78 Å². The Kier molecular flexibility index (Phi) is 7.92. The third-order valence-electron chi connectivity index (χ3n) is 5.20. The molecule has 31 heavy (non-hydrogen) atoms. The lowest BCUT2D eigenvalue weighted by Gasteiger charge is -2.26. The van der Waals surface area contributed by atoms with Crippen LogP contribution in [0.1, 0.15) is 37.8 Å². The molecule has 0 aromatic heterocycles. The van der Waals surface area contributed by atoms with Gasteiger partial charge in [-0.05, 0) is 72.2 Å². The highest BCUT2D eigenvalue weighted by Crippen LogP contribution is 2.32. The summed E-state index contributed by atoms with van der Waals surface area (Å²) in [6, 6.07) is 24.9. The summed E-state index contributed by atoms with van der Waals surface area (Å²) in [6.07, 6.45) is -0.220. The van der Waals surface area contributed by atoms with Gasteiger partial charge in [0.05, 0.1) is 0 Å². The van der Waals surface area contributed by atoms with Crippen molar-refractivity contribution in [1.29, 1.82) is 0 Å². The highest BCUT2D eigenvalue weighted by Gasteiger charge is 2.30. The van der Waals surface area contributed by atoms with Crippen molar-refractivity contribution in [2.75, 3.05) is 4.43 Å². The number of hydrogen-bond acceptors (Lipinski definition) is 2. The highest BCUT2D eigenvalue weighted by molar-refractivity contribution is 14.1. The van der Waals surface area contributed by atoms with Gasteiger partial charge in [-0.3, -0.25) is 0 Å². The second-order valence-corrected chi connectivity index (χ2v) is 8.96. The zero-order chi connectivity index (χ0) is 22.3. The second kappa shape index (κ2) is 10.4. The van der Waals surface area contributed by atoms with E-state index in [0.29, 0.717) is 0 Å². The van der Waals surface area contributed by atoms with E-state index in [1.165, 1.54) is 5.56 Å². The molecule has 0 amide bonds. The Bertz CT molecular complexity index is 957. The third kappa shape index (κ3) is 7.20. The fraction of sp³-hybridized carbons (Fsp3) is 0.308. The number of ether oxygens (including phenoxy) is 2. The molecule has 0 spiro atoms. The van der Waals surface area contributed by atoms with E-state index >= 15 is 0 Å². The fourth-order valence-electron chi connectivity index (χ4n) is 3.44. The van der Waals surface area contributed by atoms with Crippen LogP contribution in [0, 0.1) is 0 Å². The third-order valence-corrected chi connectivity index (χ3v) is 6.09. The maximum atomic E-state index is 13.4. The average molecular weight is 536 g/mol. The van der Waals surface area contributed by atoms with Crippen molar-refractivity contribution in [1.82, 2.24) is 0 Å². The van der Waals surface area contributed by atoms with Crippen molar-refractivity contribution in [2.24, 2.45) is 0 Å². The van der Waals surface area contributed by atoms with E-state index in [-0.39, 0.29) is 15.6 Å². The van der Waals surface area contributed by atoms with Crippen LogP contribution >= 0.6 is 22.6 Å². The molecule has 3 aromatic carbocycles. The lowest BCUT2D eigenvalue weighted by molar-refractivity contribution is -0.151. The summed E-state index contributed by atoms with van der Waals surface area (Å²) in [5.74, 6) is 1.85. The summed E-state index contributed by atoms with van der Waals surface area (Å²) in [6.45, 7) is 4.36. The Balaban J connectivity index is 1.55. The monoisotopic (exact) mass is 536 g/mol. The molecule has 3 aromatic rings. The summed E-state index contributed by atoms with van der Waals surface area (Å²) in [7, 11) is 0. The normalized spacial score (nSPS) is 11.9. The van der Waals surface area contributed by atoms with Crippen LogP contribution in [0.3, 0.4) is 0 Å². The standard InChI is InChI=1S/C26H27F2IO2/c1-25(2,21-13-15-23(16-14-21)31-26(27,28)19-29)17-7-9-20-8-6-12-24(18-20)30-22-10-4-3-5-11-22/h3-6,8,10-16,18H,7,9,17,19H2,1-2H3. The van der Waals surface area contributed by atoms with Gasteiger partial charge < -0.3 is 9.47 Å². The van der Waals surface area contributed by atoms with E-state index in [9.17, 15) is 8.78 Å². The minimum atomic E-state index is -3.14. The number of para-hydroxylation sites is 1. The van der Waals surface area contributed by atoms with Gasteiger partial charge in [-0.25, -0.2) is 0 Å². The lowest BCUT2D eigenvalue weighted by atomic mass is 9.80. The molecule has 0 bridgehead atoms. The van der Waals surface area contributed by atoms with Gasteiger partial charge in [-0.1, -0.05) is 78.9 Å². The molecule has 5 heteroatoms. The van der Waals surface area contributed by atoms with Crippen LogP contribution in [0.25, 0.3) is 0 Å². The molecular weight excluding hydrogens is 509 g/mol. The summed E-state index contributed by atoms with van der Waals surface area (Å²) < 4.78 is 37.1. The van der Waals surface area contributed by atoms with Crippen molar-refractivity contribution in [2.45, 2.75) is 44.6 Å². The Morgan fingerprint density at radius 1 is 0.806 bits per heavy atom. The molecule has 0 fully saturated rings. The Labute approximate surface area is 196 Å². The second-order valence-electron chi connectivity index (χ2n) is 8.20. The van der Waals surface area contributed by atoms with Crippen LogP contribution in [0.15, 0.2) is 78.9 Å². The summed E-state index contributed by atoms with van der Waals surface area (Å²) in [4.78, 5) is 0. The molecule has 0 atom stereocenters. The maximum Gasteiger partial charge on any atom is 0.407 e. The Morgan fingerprint density at radius 2 is 1.48 bits per heavy atom.